The number of nitrogens with zero attached hydrogens (tertiary/aromatic N) is 3. The number of phenolic OH excluding ortho intramolecular Hbond substituents is 1. The fourth-order valence-electron chi connectivity index (χ4n) is 3.24. The zero-order valence-electron chi connectivity index (χ0n) is 15.3. The molecule has 0 saturated heterocycles. The van der Waals surface area contributed by atoms with Gasteiger partial charge in [0.05, 0.1) is 18.4 Å². The Morgan fingerprint density at radius 1 is 1.36 bits per heavy atom. The summed E-state index contributed by atoms with van der Waals surface area (Å²) in [5.41, 5.74) is 3.37. The molecule has 0 fully saturated rings. The van der Waals surface area contributed by atoms with Crippen LogP contribution in [0.15, 0.2) is 6.20 Å². The molecule has 1 aliphatic rings. The zero-order valence-corrected chi connectivity index (χ0v) is 15.3. The monoisotopic (exact) mass is 344 g/mol. The Labute approximate surface area is 147 Å². The van der Waals surface area contributed by atoms with Crippen molar-refractivity contribution >= 4 is 5.91 Å². The van der Waals surface area contributed by atoms with Gasteiger partial charge in [-0.05, 0) is 50.8 Å². The van der Waals surface area contributed by atoms with Crippen molar-refractivity contribution in [3.05, 3.63) is 34.1 Å². The van der Waals surface area contributed by atoms with Crippen LogP contribution in [0.2, 0.25) is 0 Å². The lowest BCUT2D eigenvalue weighted by molar-refractivity contribution is -0.137. The molecule has 1 atom stereocenters. The predicted octanol–water partition coefficient (Wildman–Crippen LogP) is 1.85. The molecule has 1 aliphatic heterocycles. The summed E-state index contributed by atoms with van der Waals surface area (Å²) < 4.78 is 7.79. The van der Waals surface area contributed by atoms with Gasteiger partial charge in [-0.1, -0.05) is 5.21 Å². The Kier molecular flexibility index (Phi) is 4.18. The van der Waals surface area contributed by atoms with E-state index in [9.17, 15) is 9.90 Å². The van der Waals surface area contributed by atoms with E-state index in [2.05, 4.69) is 15.6 Å². The summed E-state index contributed by atoms with van der Waals surface area (Å²) in [5, 5.41) is 20.8. The molecule has 1 aromatic carbocycles. The highest BCUT2D eigenvalue weighted by Crippen LogP contribution is 2.43. The number of rotatable bonds is 3. The molecule has 7 nitrogen and oxygen atoms in total. The Balaban J connectivity index is 1.83. The number of hydrogen-bond acceptors (Lipinski definition) is 5. The highest BCUT2D eigenvalue weighted by Gasteiger charge is 2.40. The maximum atomic E-state index is 12.7. The first-order valence-corrected chi connectivity index (χ1v) is 8.37. The second-order valence-electron chi connectivity index (χ2n) is 6.90. The van der Waals surface area contributed by atoms with Crippen molar-refractivity contribution in [2.75, 3.05) is 0 Å². The van der Waals surface area contributed by atoms with E-state index in [-0.39, 0.29) is 5.91 Å². The highest BCUT2D eigenvalue weighted by molar-refractivity contribution is 5.85. The number of carbonyl (C=O) groups is 1. The molecule has 0 bridgehead atoms. The summed E-state index contributed by atoms with van der Waals surface area (Å²) >= 11 is 0. The van der Waals surface area contributed by atoms with Gasteiger partial charge in [0.1, 0.15) is 11.5 Å². The van der Waals surface area contributed by atoms with Gasteiger partial charge < -0.3 is 15.2 Å². The number of hydrogen-bond donors (Lipinski definition) is 2. The second kappa shape index (κ2) is 6.06. The summed E-state index contributed by atoms with van der Waals surface area (Å²) in [6, 6.07) is 0. The topological polar surface area (TPSA) is 89.3 Å². The number of nitrogens with one attached hydrogen (secondary N) is 1. The molecule has 1 amide bonds. The number of fused-ring (bicyclic) bond motifs is 1. The lowest BCUT2D eigenvalue weighted by Crippen LogP contribution is -2.51. The first kappa shape index (κ1) is 17.3. The fraction of sp³-hybridized carbons (Fsp3) is 0.500. The molecule has 0 saturated carbocycles. The summed E-state index contributed by atoms with van der Waals surface area (Å²) in [5.74, 6) is 0.873. The van der Waals surface area contributed by atoms with Crippen molar-refractivity contribution in [2.45, 2.75) is 52.7 Å². The predicted molar refractivity (Wildman–Crippen MR) is 92.5 cm³/mol. The van der Waals surface area contributed by atoms with E-state index in [1.165, 1.54) is 0 Å². The van der Waals surface area contributed by atoms with Crippen LogP contribution in [0.3, 0.4) is 0 Å². The minimum Gasteiger partial charge on any atom is -0.507 e. The Bertz CT molecular complexity index is 843. The van der Waals surface area contributed by atoms with Gasteiger partial charge in [-0.3, -0.25) is 9.48 Å². The van der Waals surface area contributed by atoms with E-state index < -0.39 is 5.60 Å². The van der Waals surface area contributed by atoms with Crippen molar-refractivity contribution in [2.24, 2.45) is 7.05 Å². The fourth-order valence-corrected chi connectivity index (χ4v) is 3.24. The number of aryl methyl sites for hydroxylation is 1. The average Bonchev–Trinajstić information content (AvgIpc) is 3.00. The van der Waals surface area contributed by atoms with Crippen LogP contribution >= 0.6 is 0 Å². The minimum absolute atomic E-state index is 0.165. The Morgan fingerprint density at radius 2 is 2.08 bits per heavy atom. The number of ether oxygens (including phenoxy) is 1. The van der Waals surface area contributed by atoms with E-state index in [0.29, 0.717) is 25.1 Å². The van der Waals surface area contributed by atoms with E-state index >= 15 is 0 Å². The van der Waals surface area contributed by atoms with Gasteiger partial charge in [0.25, 0.3) is 5.91 Å². The van der Waals surface area contributed by atoms with Gasteiger partial charge in [-0.2, -0.15) is 0 Å². The van der Waals surface area contributed by atoms with Crippen LogP contribution in [0.25, 0.3) is 0 Å². The van der Waals surface area contributed by atoms with E-state index in [1.807, 2.05) is 27.7 Å². The molecule has 0 aliphatic carbocycles. The number of aromatic nitrogens is 3. The summed E-state index contributed by atoms with van der Waals surface area (Å²) in [6.45, 7) is 7.83. The Morgan fingerprint density at radius 3 is 2.72 bits per heavy atom. The number of amides is 1. The minimum atomic E-state index is -0.945. The third-order valence-corrected chi connectivity index (χ3v) is 5.24. The molecule has 134 valence electrons. The van der Waals surface area contributed by atoms with E-state index in [4.69, 9.17) is 4.74 Å². The van der Waals surface area contributed by atoms with E-state index in [1.54, 1.807) is 17.9 Å². The lowest BCUT2D eigenvalue weighted by atomic mass is 9.86. The van der Waals surface area contributed by atoms with Crippen LogP contribution in [0, 0.1) is 20.8 Å². The average molecular weight is 344 g/mol. The molecular weight excluding hydrogens is 320 g/mol. The van der Waals surface area contributed by atoms with Crippen LogP contribution in [-0.4, -0.2) is 31.6 Å². The van der Waals surface area contributed by atoms with Gasteiger partial charge in [-0.25, -0.2) is 0 Å². The molecule has 1 aromatic heterocycles. The van der Waals surface area contributed by atoms with Crippen molar-refractivity contribution in [3.8, 4) is 11.5 Å². The van der Waals surface area contributed by atoms with Crippen LogP contribution in [-0.2, 0) is 24.8 Å². The Hall–Kier alpha value is -2.57. The first-order chi connectivity index (χ1) is 11.7. The van der Waals surface area contributed by atoms with Crippen LogP contribution in [0.1, 0.15) is 41.3 Å². The van der Waals surface area contributed by atoms with E-state index in [0.717, 1.165) is 33.7 Å². The third-order valence-electron chi connectivity index (χ3n) is 5.24. The molecule has 1 unspecified atom stereocenters. The molecule has 0 spiro atoms. The van der Waals surface area contributed by atoms with Crippen LogP contribution < -0.4 is 10.1 Å². The van der Waals surface area contributed by atoms with Crippen molar-refractivity contribution in [1.29, 1.82) is 0 Å². The summed E-state index contributed by atoms with van der Waals surface area (Å²) in [4.78, 5) is 12.7. The highest BCUT2D eigenvalue weighted by atomic mass is 16.5. The smallest absolute Gasteiger partial charge is 0.264 e. The molecular formula is C18H24N4O3. The summed E-state index contributed by atoms with van der Waals surface area (Å²) in [7, 11) is 1.78. The first-order valence-electron chi connectivity index (χ1n) is 8.37. The van der Waals surface area contributed by atoms with Crippen LogP contribution in [0.4, 0.5) is 0 Å². The molecule has 2 heterocycles. The molecule has 3 rings (SSSR count). The molecule has 25 heavy (non-hydrogen) atoms. The number of aromatic hydroxyl groups is 1. The largest absolute Gasteiger partial charge is 0.507 e. The third kappa shape index (κ3) is 2.83. The quantitative estimate of drug-likeness (QED) is 0.887. The summed E-state index contributed by atoms with van der Waals surface area (Å²) in [6.07, 6.45) is 2.87. The van der Waals surface area contributed by atoms with Gasteiger partial charge in [0.15, 0.2) is 5.60 Å². The normalized spacial score (nSPS) is 19.2. The number of carbonyl (C=O) groups excluding carboxylic acids is 1. The van der Waals surface area contributed by atoms with Crippen molar-refractivity contribution in [1.82, 2.24) is 20.3 Å². The zero-order chi connectivity index (χ0) is 18.4. The molecule has 2 aromatic rings. The van der Waals surface area contributed by atoms with Crippen molar-refractivity contribution < 1.29 is 14.6 Å². The lowest BCUT2D eigenvalue weighted by Gasteiger charge is -2.36. The molecule has 7 heteroatoms. The van der Waals surface area contributed by atoms with Gasteiger partial charge >= 0.3 is 0 Å². The maximum Gasteiger partial charge on any atom is 0.264 e. The second-order valence-corrected chi connectivity index (χ2v) is 6.90. The standard InChI is InChI=1S/C18H24N4O3/c1-10-11(2)16-14(12(3)15(10)23)6-7-18(4,25-16)17(24)19-8-13-9-20-21-22(13)5/h9,23H,6-8H2,1-5H3,(H,19,24). The molecule has 0 radical (unpaired) electrons. The van der Waals surface area contributed by atoms with Gasteiger partial charge in [0.2, 0.25) is 0 Å². The van der Waals surface area contributed by atoms with Gasteiger partial charge in [0, 0.05) is 19.0 Å². The number of benzene rings is 1. The van der Waals surface area contributed by atoms with Crippen LogP contribution in [0.5, 0.6) is 11.5 Å². The molecule has 2 N–H and O–H groups in total. The number of phenols is 1. The maximum absolute atomic E-state index is 12.7. The van der Waals surface area contributed by atoms with Gasteiger partial charge in [-0.15, -0.1) is 5.10 Å². The SMILES string of the molecule is Cc1c(C)c2c(c(C)c1O)CCC(C)(C(=O)NCc1cnnn1C)O2. The van der Waals surface area contributed by atoms with Crippen molar-refractivity contribution in [3.63, 3.8) is 0 Å².